The number of rotatable bonds is 7. The van der Waals surface area contributed by atoms with E-state index in [1.807, 2.05) is 18.4 Å². The molecule has 2 atom stereocenters. The van der Waals surface area contributed by atoms with Crippen LogP contribution in [0.3, 0.4) is 0 Å². The van der Waals surface area contributed by atoms with Crippen LogP contribution in [0.4, 0.5) is 5.82 Å². The molecule has 0 saturated heterocycles. The minimum Gasteiger partial charge on any atom is -0.382 e. The predicted octanol–water partition coefficient (Wildman–Crippen LogP) is 1.76. The molecule has 2 aromatic heterocycles. The van der Waals surface area contributed by atoms with Gasteiger partial charge in [0.1, 0.15) is 18.1 Å². The first-order valence-electron chi connectivity index (χ1n) is 6.79. The van der Waals surface area contributed by atoms with Gasteiger partial charge in [0.15, 0.2) is 11.5 Å². The van der Waals surface area contributed by atoms with E-state index in [0.717, 1.165) is 13.0 Å². The summed E-state index contributed by atoms with van der Waals surface area (Å²) in [7, 11) is 0. The van der Waals surface area contributed by atoms with E-state index < -0.39 is 0 Å². The van der Waals surface area contributed by atoms with Gasteiger partial charge >= 0.3 is 0 Å². The normalized spacial score (nSPS) is 14.6. The summed E-state index contributed by atoms with van der Waals surface area (Å²) in [5.74, 6) is 0.375. The minimum atomic E-state index is -0.200. The highest BCUT2D eigenvalue weighted by Crippen LogP contribution is 2.20. The SMILES string of the molecule is CCCOCC(C)OC(C)n1cnc2c(N)ncnc21. The largest absolute Gasteiger partial charge is 0.382 e. The lowest BCUT2D eigenvalue weighted by molar-refractivity contribution is -0.0693. The number of nitrogens with zero attached hydrogens (tertiary/aromatic N) is 4. The van der Waals surface area contributed by atoms with E-state index in [4.69, 9.17) is 15.2 Å². The topological polar surface area (TPSA) is 88.1 Å². The van der Waals surface area contributed by atoms with Gasteiger partial charge in [-0.15, -0.1) is 0 Å². The molecule has 2 heterocycles. The highest BCUT2D eigenvalue weighted by atomic mass is 16.5. The van der Waals surface area contributed by atoms with E-state index in [0.29, 0.717) is 23.6 Å². The summed E-state index contributed by atoms with van der Waals surface area (Å²) in [5.41, 5.74) is 7.03. The summed E-state index contributed by atoms with van der Waals surface area (Å²) < 4.78 is 13.2. The standard InChI is InChI=1S/C13H21N5O2/c1-4-5-19-6-9(2)20-10(3)18-8-17-11-12(14)15-7-16-13(11)18/h7-10H,4-6H2,1-3H3,(H2,14,15,16). The Hall–Kier alpha value is -1.73. The number of nitrogens with two attached hydrogens (primary N) is 1. The molecule has 7 heteroatoms. The van der Waals surface area contributed by atoms with Gasteiger partial charge in [0.2, 0.25) is 0 Å². The number of hydrogen-bond donors (Lipinski definition) is 1. The van der Waals surface area contributed by atoms with Crippen molar-refractivity contribution in [3.63, 3.8) is 0 Å². The first-order chi connectivity index (χ1) is 9.63. The van der Waals surface area contributed by atoms with Crippen LogP contribution in [-0.4, -0.2) is 38.8 Å². The summed E-state index contributed by atoms with van der Waals surface area (Å²) in [6, 6.07) is 0. The third kappa shape index (κ3) is 3.23. The van der Waals surface area contributed by atoms with Crippen LogP contribution in [-0.2, 0) is 9.47 Å². The molecule has 2 rings (SSSR count). The highest BCUT2D eigenvalue weighted by molar-refractivity contribution is 5.81. The van der Waals surface area contributed by atoms with Crippen molar-refractivity contribution >= 4 is 17.0 Å². The summed E-state index contributed by atoms with van der Waals surface area (Å²) in [4.78, 5) is 12.3. The van der Waals surface area contributed by atoms with E-state index in [-0.39, 0.29) is 12.3 Å². The van der Waals surface area contributed by atoms with Crippen LogP contribution in [0, 0.1) is 0 Å². The second-order valence-corrected chi connectivity index (χ2v) is 4.70. The van der Waals surface area contributed by atoms with Crippen LogP contribution in [0.1, 0.15) is 33.4 Å². The predicted molar refractivity (Wildman–Crippen MR) is 76.1 cm³/mol. The number of nitrogen functional groups attached to an aromatic ring is 1. The molecule has 0 amide bonds. The molecule has 0 aliphatic heterocycles. The fourth-order valence-electron chi connectivity index (χ4n) is 1.97. The molecule has 0 spiro atoms. The summed E-state index contributed by atoms with van der Waals surface area (Å²) in [5, 5.41) is 0. The molecule has 0 bridgehead atoms. The zero-order valence-corrected chi connectivity index (χ0v) is 12.1. The fourth-order valence-corrected chi connectivity index (χ4v) is 1.97. The van der Waals surface area contributed by atoms with E-state index in [1.54, 1.807) is 6.33 Å². The number of imidazole rings is 1. The third-order valence-electron chi connectivity index (χ3n) is 2.91. The zero-order valence-electron chi connectivity index (χ0n) is 12.1. The number of anilines is 1. The van der Waals surface area contributed by atoms with Crippen molar-refractivity contribution in [1.82, 2.24) is 19.5 Å². The maximum absolute atomic E-state index is 5.89. The molecule has 2 aromatic rings. The van der Waals surface area contributed by atoms with E-state index in [9.17, 15) is 0 Å². The van der Waals surface area contributed by atoms with Crippen molar-refractivity contribution in [2.45, 2.75) is 39.5 Å². The molecule has 0 fully saturated rings. The molecule has 7 nitrogen and oxygen atoms in total. The Bertz CT molecular complexity index is 557. The first kappa shape index (κ1) is 14.7. The van der Waals surface area contributed by atoms with E-state index in [1.165, 1.54) is 6.33 Å². The minimum absolute atomic E-state index is 0.00631. The Kier molecular flexibility index (Phi) is 4.86. The number of ether oxygens (including phenoxy) is 2. The van der Waals surface area contributed by atoms with Crippen LogP contribution < -0.4 is 5.73 Å². The maximum Gasteiger partial charge on any atom is 0.167 e. The van der Waals surface area contributed by atoms with Crippen molar-refractivity contribution in [2.75, 3.05) is 18.9 Å². The van der Waals surface area contributed by atoms with Gasteiger partial charge in [-0.1, -0.05) is 6.92 Å². The van der Waals surface area contributed by atoms with Crippen molar-refractivity contribution in [2.24, 2.45) is 0 Å². The van der Waals surface area contributed by atoms with Gasteiger partial charge in [0, 0.05) is 6.61 Å². The second kappa shape index (κ2) is 6.62. The monoisotopic (exact) mass is 279 g/mol. The van der Waals surface area contributed by atoms with E-state index in [2.05, 4.69) is 21.9 Å². The van der Waals surface area contributed by atoms with Gasteiger partial charge in [-0.25, -0.2) is 15.0 Å². The van der Waals surface area contributed by atoms with Gasteiger partial charge in [-0.05, 0) is 20.3 Å². The Balaban J connectivity index is 2.04. The lowest BCUT2D eigenvalue weighted by atomic mass is 10.4. The molecular weight excluding hydrogens is 258 g/mol. The van der Waals surface area contributed by atoms with Crippen LogP contribution in [0.15, 0.2) is 12.7 Å². The Labute approximate surface area is 118 Å². The first-order valence-corrected chi connectivity index (χ1v) is 6.79. The van der Waals surface area contributed by atoms with Gasteiger partial charge < -0.3 is 15.2 Å². The zero-order chi connectivity index (χ0) is 14.5. The Morgan fingerprint density at radius 2 is 2.10 bits per heavy atom. The maximum atomic E-state index is 5.89. The van der Waals surface area contributed by atoms with Crippen LogP contribution in [0.5, 0.6) is 0 Å². The van der Waals surface area contributed by atoms with Crippen molar-refractivity contribution < 1.29 is 9.47 Å². The van der Waals surface area contributed by atoms with Gasteiger partial charge in [0.25, 0.3) is 0 Å². The summed E-state index contributed by atoms with van der Waals surface area (Å²) >= 11 is 0. The number of hydrogen-bond acceptors (Lipinski definition) is 6. The number of aromatic nitrogens is 4. The Morgan fingerprint density at radius 1 is 1.30 bits per heavy atom. The van der Waals surface area contributed by atoms with Gasteiger partial charge in [-0.3, -0.25) is 4.57 Å². The van der Waals surface area contributed by atoms with Crippen molar-refractivity contribution in [3.05, 3.63) is 12.7 Å². The van der Waals surface area contributed by atoms with Gasteiger partial charge in [0.05, 0.1) is 19.0 Å². The molecule has 0 saturated carbocycles. The van der Waals surface area contributed by atoms with Crippen LogP contribution in [0.25, 0.3) is 11.2 Å². The quantitative estimate of drug-likeness (QED) is 0.777. The molecule has 20 heavy (non-hydrogen) atoms. The molecular formula is C13H21N5O2. The molecule has 0 aromatic carbocycles. The molecule has 2 N–H and O–H groups in total. The lowest BCUT2D eigenvalue weighted by Gasteiger charge is -2.20. The highest BCUT2D eigenvalue weighted by Gasteiger charge is 2.15. The van der Waals surface area contributed by atoms with Crippen LogP contribution >= 0.6 is 0 Å². The average Bonchev–Trinajstić information content (AvgIpc) is 2.84. The van der Waals surface area contributed by atoms with Gasteiger partial charge in [-0.2, -0.15) is 0 Å². The molecule has 0 radical (unpaired) electrons. The summed E-state index contributed by atoms with van der Waals surface area (Å²) in [6.45, 7) is 7.32. The average molecular weight is 279 g/mol. The fraction of sp³-hybridized carbons (Fsp3) is 0.615. The molecule has 2 unspecified atom stereocenters. The Morgan fingerprint density at radius 3 is 2.85 bits per heavy atom. The third-order valence-corrected chi connectivity index (χ3v) is 2.91. The smallest absolute Gasteiger partial charge is 0.167 e. The molecule has 110 valence electrons. The molecule has 0 aliphatic rings. The molecule has 0 aliphatic carbocycles. The summed E-state index contributed by atoms with van der Waals surface area (Å²) in [6.07, 6.45) is 3.89. The second-order valence-electron chi connectivity index (χ2n) is 4.70. The van der Waals surface area contributed by atoms with E-state index >= 15 is 0 Å². The van der Waals surface area contributed by atoms with Crippen LogP contribution in [0.2, 0.25) is 0 Å². The van der Waals surface area contributed by atoms with Crippen molar-refractivity contribution in [3.8, 4) is 0 Å². The lowest BCUT2D eigenvalue weighted by Crippen LogP contribution is -2.21. The number of fused-ring (bicyclic) bond motifs is 1. The van der Waals surface area contributed by atoms with Crippen molar-refractivity contribution in [1.29, 1.82) is 0 Å².